The Hall–Kier alpha value is -1.61. The number of halogens is 1. The molecule has 0 radical (unpaired) electrons. The summed E-state index contributed by atoms with van der Waals surface area (Å²) in [6.07, 6.45) is 2.46. The molecule has 0 N–H and O–H groups in total. The summed E-state index contributed by atoms with van der Waals surface area (Å²) in [5, 5.41) is 0. The maximum Gasteiger partial charge on any atom is 0.169 e. The van der Waals surface area contributed by atoms with Crippen LogP contribution in [0, 0.1) is 0 Å². The van der Waals surface area contributed by atoms with Crippen molar-refractivity contribution in [2.75, 3.05) is 0 Å². The van der Waals surface area contributed by atoms with E-state index in [1.165, 1.54) is 5.56 Å². The maximum absolute atomic E-state index is 5.82. The molecule has 0 bridgehead atoms. The van der Waals surface area contributed by atoms with Gasteiger partial charge in [0.25, 0.3) is 0 Å². The molecule has 2 aromatic rings. The van der Waals surface area contributed by atoms with E-state index in [0.717, 1.165) is 17.9 Å². The Kier molecular flexibility index (Phi) is 2.69. The molecule has 0 saturated heterocycles. The lowest BCUT2D eigenvalue weighted by Crippen LogP contribution is -2.09. The summed E-state index contributed by atoms with van der Waals surface area (Å²) in [5.41, 5.74) is 2.04. The summed E-state index contributed by atoms with van der Waals surface area (Å²) in [6.45, 7) is 0. The third-order valence-corrected chi connectivity index (χ3v) is 3.08. The van der Waals surface area contributed by atoms with Gasteiger partial charge in [0, 0.05) is 12.6 Å². The highest BCUT2D eigenvalue weighted by atomic mass is 35.5. The number of para-hydroxylation sites is 1. The molecule has 1 aromatic carbocycles. The van der Waals surface area contributed by atoms with E-state index in [1.54, 1.807) is 6.20 Å². The van der Waals surface area contributed by atoms with E-state index in [-0.39, 0.29) is 6.10 Å². The van der Waals surface area contributed by atoms with E-state index in [0.29, 0.717) is 11.7 Å². The molecule has 1 aromatic heterocycles. The summed E-state index contributed by atoms with van der Waals surface area (Å²) in [4.78, 5) is 8.65. The molecule has 17 heavy (non-hydrogen) atoms. The molecule has 3 rings (SSSR count). The third-order valence-electron chi connectivity index (χ3n) is 2.80. The lowest BCUT2D eigenvalue weighted by molar-refractivity contribution is 0.227. The average molecular weight is 247 g/mol. The molecule has 0 aliphatic carbocycles. The van der Waals surface area contributed by atoms with Gasteiger partial charge in [-0.1, -0.05) is 18.2 Å². The van der Waals surface area contributed by atoms with Crippen LogP contribution in [0.5, 0.6) is 5.75 Å². The first-order chi connectivity index (χ1) is 8.36. The van der Waals surface area contributed by atoms with Gasteiger partial charge in [-0.25, -0.2) is 9.97 Å². The Labute approximate surface area is 104 Å². The van der Waals surface area contributed by atoms with Crippen LogP contribution in [0.4, 0.5) is 0 Å². The van der Waals surface area contributed by atoms with E-state index >= 15 is 0 Å². The van der Waals surface area contributed by atoms with E-state index < -0.39 is 0 Å². The largest absolute Gasteiger partial charge is 0.482 e. The van der Waals surface area contributed by atoms with Crippen molar-refractivity contribution in [1.29, 1.82) is 0 Å². The SMILES string of the molecule is ClCc1ccnc([C@@H]2Cc3ccccc3O2)n1. The Morgan fingerprint density at radius 3 is 3.00 bits per heavy atom. The molecule has 0 saturated carbocycles. The van der Waals surface area contributed by atoms with Crippen molar-refractivity contribution < 1.29 is 4.74 Å². The Bertz CT molecular complexity index is 519. The fourth-order valence-electron chi connectivity index (χ4n) is 1.97. The van der Waals surface area contributed by atoms with Crippen molar-refractivity contribution in [2.24, 2.45) is 0 Å². The second-order valence-corrected chi connectivity index (χ2v) is 4.23. The number of rotatable bonds is 2. The van der Waals surface area contributed by atoms with Crippen LogP contribution >= 0.6 is 11.6 Å². The first-order valence-corrected chi connectivity index (χ1v) is 6.02. The first-order valence-electron chi connectivity index (χ1n) is 5.49. The van der Waals surface area contributed by atoms with Gasteiger partial charge in [0.05, 0.1) is 11.6 Å². The van der Waals surface area contributed by atoms with Gasteiger partial charge in [-0.2, -0.15) is 0 Å². The standard InChI is InChI=1S/C13H11ClN2O/c14-8-10-5-6-15-13(16-10)12-7-9-3-1-2-4-11(9)17-12/h1-6,12H,7-8H2/t12-/m0/s1. The van der Waals surface area contributed by atoms with Crippen LogP contribution in [-0.4, -0.2) is 9.97 Å². The van der Waals surface area contributed by atoms with Crippen molar-refractivity contribution in [3.8, 4) is 5.75 Å². The molecule has 1 aliphatic heterocycles. The fourth-order valence-corrected chi connectivity index (χ4v) is 2.12. The van der Waals surface area contributed by atoms with Crippen LogP contribution < -0.4 is 4.74 Å². The van der Waals surface area contributed by atoms with Crippen molar-refractivity contribution >= 4 is 11.6 Å². The minimum atomic E-state index is -0.0874. The number of nitrogens with zero attached hydrogens (tertiary/aromatic N) is 2. The Balaban J connectivity index is 1.88. The van der Waals surface area contributed by atoms with E-state index in [9.17, 15) is 0 Å². The lowest BCUT2D eigenvalue weighted by atomic mass is 10.1. The predicted octanol–water partition coefficient (Wildman–Crippen LogP) is 2.89. The van der Waals surface area contributed by atoms with Gasteiger partial charge in [0.15, 0.2) is 11.9 Å². The highest BCUT2D eigenvalue weighted by Crippen LogP contribution is 2.34. The Morgan fingerprint density at radius 2 is 2.18 bits per heavy atom. The molecule has 1 aliphatic rings. The number of hydrogen-bond acceptors (Lipinski definition) is 3. The summed E-state index contributed by atoms with van der Waals surface area (Å²) < 4.78 is 5.82. The smallest absolute Gasteiger partial charge is 0.169 e. The van der Waals surface area contributed by atoms with Crippen LogP contribution in [0.15, 0.2) is 36.5 Å². The molecular formula is C13H11ClN2O. The highest BCUT2D eigenvalue weighted by Gasteiger charge is 2.26. The summed E-state index contributed by atoms with van der Waals surface area (Å²) in [6, 6.07) is 9.85. The van der Waals surface area contributed by atoms with Gasteiger partial charge >= 0.3 is 0 Å². The van der Waals surface area contributed by atoms with Crippen molar-refractivity contribution in [1.82, 2.24) is 9.97 Å². The van der Waals surface area contributed by atoms with E-state index in [4.69, 9.17) is 16.3 Å². The van der Waals surface area contributed by atoms with Crippen LogP contribution in [0.25, 0.3) is 0 Å². The lowest BCUT2D eigenvalue weighted by Gasteiger charge is -2.09. The second kappa shape index (κ2) is 4.34. The molecular weight excluding hydrogens is 236 g/mol. The van der Waals surface area contributed by atoms with Gasteiger partial charge in [-0.15, -0.1) is 11.6 Å². The molecule has 3 nitrogen and oxygen atoms in total. The van der Waals surface area contributed by atoms with Crippen molar-refractivity contribution in [3.05, 3.63) is 53.6 Å². The summed E-state index contributed by atoms with van der Waals surface area (Å²) in [7, 11) is 0. The van der Waals surface area contributed by atoms with Crippen LogP contribution in [-0.2, 0) is 12.3 Å². The number of aromatic nitrogens is 2. The summed E-state index contributed by atoms with van der Waals surface area (Å²) >= 11 is 5.76. The van der Waals surface area contributed by atoms with Crippen LogP contribution in [0.2, 0.25) is 0 Å². The molecule has 2 heterocycles. The summed E-state index contributed by atoms with van der Waals surface area (Å²) in [5.74, 6) is 2.03. The molecule has 0 fully saturated rings. The molecule has 1 atom stereocenters. The molecule has 0 unspecified atom stereocenters. The Morgan fingerprint density at radius 1 is 1.29 bits per heavy atom. The number of hydrogen-bond donors (Lipinski definition) is 0. The monoisotopic (exact) mass is 246 g/mol. The predicted molar refractivity (Wildman–Crippen MR) is 65.1 cm³/mol. The van der Waals surface area contributed by atoms with Crippen LogP contribution in [0.3, 0.4) is 0 Å². The normalized spacial score (nSPS) is 17.6. The quantitative estimate of drug-likeness (QED) is 0.765. The molecule has 4 heteroatoms. The van der Waals surface area contributed by atoms with Crippen molar-refractivity contribution in [3.63, 3.8) is 0 Å². The zero-order valence-electron chi connectivity index (χ0n) is 9.14. The van der Waals surface area contributed by atoms with Gasteiger partial charge in [0.2, 0.25) is 0 Å². The highest BCUT2D eigenvalue weighted by molar-refractivity contribution is 6.16. The average Bonchev–Trinajstić information content (AvgIpc) is 2.82. The number of alkyl halides is 1. The molecule has 0 amide bonds. The topological polar surface area (TPSA) is 35.0 Å². The van der Waals surface area contributed by atoms with Gasteiger partial charge in [0.1, 0.15) is 5.75 Å². The third kappa shape index (κ3) is 1.98. The zero-order chi connectivity index (χ0) is 11.7. The van der Waals surface area contributed by atoms with E-state index in [2.05, 4.69) is 16.0 Å². The van der Waals surface area contributed by atoms with Crippen molar-refractivity contribution in [2.45, 2.75) is 18.4 Å². The maximum atomic E-state index is 5.82. The van der Waals surface area contributed by atoms with Gasteiger partial charge in [-0.3, -0.25) is 0 Å². The number of benzene rings is 1. The molecule has 86 valence electrons. The number of ether oxygens (including phenoxy) is 1. The van der Waals surface area contributed by atoms with E-state index in [1.807, 2.05) is 24.3 Å². The zero-order valence-corrected chi connectivity index (χ0v) is 9.89. The number of fused-ring (bicyclic) bond motifs is 1. The van der Waals surface area contributed by atoms with Gasteiger partial charge in [-0.05, 0) is 17.7 Å². The van der Waals surface area contributed by atoms with Crippen LogP contribution in [0.1, 0.15) is 23.2 Å². The fraction of sp³-hybridized carbons (Fsp3) is 0.231. The second-order valence-electron chi connectivity index (χ2n) is 3.96. The van der Waals surface area contributed by atoms with Gasteiger partial charge < -0.3 is 4.74 Å². The minimum absolute atomic E-state index is 0.0874. The first kappa shape index (κ1) is 10.5. The molecule has 0 spiro atoms. The minimum Gasteiger partial charge on any atom is -0.482 e.